The lowest BCUT2D eigenvalue weighted by atomic mass is 10.2. The number of nitro benzene ring substituents is 1. The summed E-state index contributed by atoms with van der Waals surface area (Å²) < 4.78 is 17.8. The summed E-state index contributed by atoms with van der Waals surface area (Å²) >= 11 is 0. The first kappa shape index (κ1) is 16.2. The van der Waals surface area contributed by atoms with E-state index in [1.165, 1.54) is 61.7 Å². The van der Waals surface area contributed by atoms with E-state index in [0.717, 1.165) is 0 Å². The third kappa shape index (κ3) is 4.37. The van der Waals surface area contributed by atoms with Gasteiger partial charge in [0.1, 0.15) is 11.6 Å². The number of halogens is 1. The number of rotatable bonds is 5. The van der Waals surface area contributed by atoms with Crippen LogP contribution in [0.5, 0.6) is 5.75 Å². The molecule has 0 radical (unpaired) electrons. The van der Waals surface area contributed by atoms with Crippen LogP contribution in [0.1, 0.15) is 5.56 Å². The van der Waals surface area contributed by atoms with E-state index in [9.17, 15) is 19.3 Å². The third-order valence-electron chi connectivity index (χ3n) is 2.95. The van der Waals surface area contributed by atoms with E-state index < -0.39 is 10.8 Å². The first-order valence-electron chi connectivity index (χ1n) is 6.56. The molecule has 23 heavy (non-hydrogen) atoms. The number of nitro groups is 1. The third-order valence-corrected chi connectivity index (χ3v) is 2.95. The molecule has 0 spiro atoms. The lowest BCUT2D eigenvalue weighted by Crippen LogP contribution is -2.09. The van der Waals surface area contributed by atoms with Gasteiger partial charge in [-0.1, -0.05) is 12.1 Å². The highest BCUT2D eigenvalue weighted by atomic mass is 19.1. The molecule has 1 amide bonds. The van der Waals surface area contributed by atoms with Gasteiger partial charge in [0.2, 0.25) is 5.91 Å². The summed E-state index contributed by atoms with van der Waals surface area (Å²) in [6.07, 6.45) is 2.79. The average molecular weight is 316 g/mol. The molecule has 2 rings (SSSR count). The molecule has 6 nitrogen and oxygen atoms in total. The lowest BCUT2D eigenvalue weighted by molar-refractivity contribution is -0.384. The van der Waals surface area contributed by atoms with Gasteiger partial charge in [-0.25, -0.2) is 4.39 Å². The zero-order valence-corrected chi connectivity index (χ0v) is 12.2. The number of nitrogens with zero attached hydrogens (tertiary/aromatic N) is 1. The molecule has 0 aliphatic heterocycles. The van der Waals surface area contributed by atoms with Crippen LogP contribution < -0.4 is 10.1 Å². The molecule has 0 heterocycles. The van der Waals surface area contributed by atoms with Gasteiger partial charge in [0.25, 0.3) is 5.69 Å². The van der Waals surface area contributed by atoms with Crippen LogP contribution in [-0.2, 0) is 4.79 Å². The van der Waals surface area contributed by atoms with Crippen molar-refractivity contribution in [2.24, 2.45) is 0 Å². The monoisotopic (exact) mass is 316 g/mol. The smallest absolute Gasteiger partial charge is 0.273 e. The van der Waals surface area contributed by atoms with Crippen molar-refractivity contribution in [3.8, 4) is 5.75 Å². The number of amides is 1. The minimum absolute atomic E-state index is 0.137. The Balaban J connectivity index is 2.10. The van der Waals surface area contributed by atoms with Gasteiger partial charge in [-0.05, 0) is 29.8 Å². The van der Waals surface area contributed by atoms with Crippen LogP contribution in [-0.4, -0.2) is 17.9 Å². The molecule has 0 fully saturated rings. The molecule has 0 atom stereocenters. The van der Waals surface area contributed by atoms with E-state index in [-0.39, 0.29) is 17.3 Å². The van der Waals surface area contributed by atoms with Crippen molar-refractivity contribution in [1.82, 2.24) is 0 Å². The Kier molecular flexibility index (Phi) is 5.03. The number of methoxy groups -OCH3 is 1. The van der Waals surface area contributed by atoms with Crippen LogP contribution in [0.15, 0.2) is 48.5 Å². The topological polar surface area (TPSA) is 81.5 Å². The summed E-state index contributed by atoms with van der Waals surface area (Å²) in [6, 6.07) is 9.52. The fraction of sp³-hybridized carbons (Fsp3) is 0.0625. The summed E-state index contributed by atoms with van der Waals surface area (Å²) in [4.78, 5) is 22.0. The number of nitrogens with one attached hydrogen (secondary N) is 1. The number of carbonyl (C=O) groups excluding carboxylic acids is 1. The SMILES string of the molecule is COc1cc([N+](=O)[O-])ccc1NC(=O)/C=C/c1ccc(F)cc1. The number of anilines is 1. The second-order valence-electron chi connectivity index (χ2n) is 4.52. The van der Waals surface area contributed by atoms with Gasteiger partial charge in [-0.2, -0.15) is 0 Å². The summed E-state index contributed by atoms with van der Waals surface area (Å²) in [6.45, 7) is 0. The highest BCUT2D eigenvalue weighted by molar-refractivity contribution is 6.02. The van der Waals surface area contributed by atoms with Gasteiger partial charge in [-0.3, -0.25) is 14.9 Å². The molecule has 7 heteroatoms. The molecular weight excluding hydrogens is 303 g/mol. The Morgan fingerprint density at radius 2 is 1.96 bits per heavy atom. The molecule has 0 aliphatic rings. The Morgan fingerprint density at radius 3 is 2.57 bits per heavy atom. The maximum absolute atomic E-state index is 12.8. The second-order valence-corrected chi connectivity index (χ2v) is 4.52. The van der Waals surface area contributed by atoms with E-state index in [2.05, 4.69) is 5.32 Å². The van der Waals surface area contributed by atoms with Gasteiger partial charge < -0.3 is 10.1 Å². The quantitative estimate of drug-likeness (QED) is 0.521. The molecule has 0 aromatic heterocycles. The van der Waals surface area contributed by atoms with Gasteiger partial charge in [0.05, 0.1) is 23.8 Å². The number of non-ortho nitro benzene ring substituents is 1. The van der Waals surface area contributed by atoms with Gasteiger partial charge in [0.15, 0.2) is 0 Å². The molecule has 0 saturated carbocycles. The zero-order valence-electron chi connectivity index (χ0n) is 12.2. The molecule has 0 aliphatic carbocycles. The minimum Gasteiger partial charge on any atom is -0.494 e. The van der Waals surface area contributed by atoms with Crippen molar-refractivity contribution in [2.45, 2.75) is 0 Å². The fourth-order valence-corrected chi connectivity index (χ4v) is 1.82. The van der Waals surface area contributed by atoms with Crippen molar-refractivity contribution >= 4 is 23.4 Å². The zero-order chi connectivity index (χ0) is 16.8. The van der Waals surface area contributed by atoms with Crippen LogP contribution >= 0.6 is 0 Å². The molecule has 1 N–H and O–H groups in total. The summed E-state index contributed by atoms with van der Waals surface area (Å²) in [7, 11) is 1.35. The normalized spacial score (nSPS) is 10.5. The molecule has 0 bridgehead atoms. The van der Waals surface area contributed by atoms with Crippen molar-refractivity contribution in [2.75, 3.05) is 12.4 Å². The van der Waals surface area contributed by atoms with Crippen LogP contribution in [0.4, 0.5) is 15.8 Å². The van der Waals surface area contributed by atoms with Gasteiger partial charge >= 0.3 is 0 Å². The summed E-state index contributed by atoms with van der Waals surface area (Å²) in [5.74, 6) is -0.619. The average Bonchev–Trinajstić information content (AvgIpc) is 2.54. The Hall–Kier alpha value is -3.22. The summed E-state index contributed by atoms with van der Waals surface area (Å²) in [5, 5.41) is 13.3. The van der Waals surface area contributed by atoms with E-state index in [1.54, 1.807) is 0 Å². The maximum Gasteiger partial charge on any atom is 0.273 e. The van der Waals surface area contributed by atoms with Gasteiger partial charge in [-0.15, -0.1) is 0 Å². The second kappa shape index (κ2) is 7.17. The molecule has 2 aromatic carbocycles. The number of carbonyl (C=O) groups is 1. The van der Waals surface area contributed by atoms with E-state index in [4.69, 9.17) is 4.74 Å². The van der Waals surface area contributed by atoms with Crippen LogP contribution in [0.3, 0.4) is 0 Å². The standard InChI is InChI=1S/C16H13FN2O4/c1-23-15-10-13(19(21)22)7-8-14(15)18-16(20)9-4-11-2-5-12(17)6-3-11/h2-10H,1H3,(H,18,20)/b9-4+. The molecule has 118 valence electrons. The van der Waals surface area contributed by atoms with E-state index >= 15 is 0 Å². The largest absolute Gasteiger partial charge is 0.494 e. The number of benzene rings is 2. The lowest BCUT2D eigenvalue weighted by Gasteiger charge is -2.08. The highest BCUT2D eigenvalue weighted by Gasteiger charge is 2.12. The summed E-state index contributed by atoms with van der Waals surface area (Å²) in [5.41, 5.74) is 0.839. The fourth-order valence-electron chi connectivity index (χ4n) is 1.82. The van der Waals surface area contributed by atoms with Crippen molar-refractivity contribution in [1.29, 1.82) is 0 Å². The van der Waals surface area contributed by atoms with Crippen LogP contribution in [0, 0.1) is 15.9 Å². The highest BCUT2D eigenvalue weighted by Crippen LogP contribution is 2.28. The number of hydrogen-bond donors (Lipinski definition) is 1. The van der Waals surface area contributed by atoms with Crippen molar-refractivity contribution in [3.63, 3.8) is 0 Å². The Morgan fingerprint density at radius 1 is 1.26 bits per heavy atom. The van der Waals surface area contributed by atoms with E-state index in [0.29, 0.717) is 11.3 Å². The number of ether oxygens (including phenoxy) is 1. The Bertz CT molecular complexity index is 757. The van der Waals surface area contributed by atoms with Gasteiger partial charge in [0, 0.05) is 12.1 Å². The van der Waals surface area contributed by atoms with Crippen LogP contribution in [0.2, 0.25) is 0 Å². The molecule has 0 saturated heterocycles. The van der Waals surface area contributed by atoms with Crippen molar-refractivity contribution < 1.29 is 18.8 Å². The first-order chi connectivity index (χ1) is 11.0. The van der Waals surface area contributed by atoms with Crippen molar-refractivity contribution in [3.05, 3.63) is 70.0 Å². The predicted octanol–water partition coefficient (Wildman–Crippen LogP) is 3.39. The van der Waals surface area contributed by atoms with Crippen LogP contribution in [0.25, 0.3) is 6.08 Å². The predicted molar refractivity (Wildman–Crippen MR) is 83.7 cm³/mol. The molecule has 0 unspecified atom stereocenters. The Labute approximate surface area is 131 Å². The minimum atomic E-state index is -0.553. The molecular formula is C16H13FN2O4. The first-order valence-corrected chi connectivity index (χ1v) is 6.56. The maximum atomic E-state index is 12.8. The van der Waals surface area contributed by atoms with E-state index in [1.807, 2.05) is 0 Å². The number of hydrogen-bond acceptors (Lipinski definition) is 4. The molecule has 2 aromatic rings.